The van der Waals surface area contributed by atoms with Crippen LogP contribution in [-0.4, -0.2) is 34.9 Å². The van der Waals surface area contributed by atoms with E-state index >= 15 is 0 Å². The number of carboxylic acids is 1. The average Bonchev–Trinajstić information content (AvgIpc) is 3.41. The smallest absolute Gasteiger partial charge is 0.326 e. The summed E-state index contributed by atoms with van der Waals surface area (Å²) >= 11 is 3.23. The van der Waals surface area contributed by atoms with Gasteiger partial charge in [-0.05, 0) is 28.9 Å². The molecule has 0 bridgehead atoms. The van der Waals surface area contributed by atoms with E-state index in [1.807, 2.05) is 23.6 Å². The molecule has 0 aliphatic heterocycles. The molecule has 168 valence electrons. The first kappa shape index (κ1) is 23.1. The molecule has 0 saturated carbocycles. The highest BCUT2D eigenvalue weighted by atomic mass is 32.2. The summed E-state index contributed by atoms with van der Waals surface area (Å²) in [6.07, 6.45) is 2.19. The number of hydrogen-bond acceptors (Lipinski definition) is 5. The van der Waals surface area contributed by atoms with Crippen molar-refractivity contribution in [3.05, 3.63) is 119 Å². The molecule has 0 radical (unpaired) electrons. The second-order valence-electron chi connectivity index (χ2n) is 7.70. The minimum absolute atomic E-state index is 0.452. The molecule has 4 nitrogen and oxygen atoms in total. The molecule has 33 heavy (non-hydrogen) atoms. The highest BCUT2D eigenvalue weighted by Gasteiger charge is 2.37. The minimum atomic E-state index is -0.835. The number of rotatable bonds is 10. The van der Waals surface area contributed by atoms with E-state index in [0.29, 0.717) is 17.3 Å². The highest BCUT2D eigenvalue weighted by molar-refractivity contribution is 8.00. The van der Waals surface area contributed by atoms with Crippen LogP contribution >= 0.6 is 23.1 Å². The van der Waals surface area contributed by atoms with E-state index in [0.717, 1.165) is 0 Å². The molecule has 1 aromatic heterocycles. The topological polar surface area (TPSA) is 53.4 Å². The first-order chi connectivity index (χ1) is 16.1. The van der Waals surface area contributed by atoms with Gasteiger partial charge in [0, 0.05) is 18.6 Å². The van der Waals surface area contributed by atoms with Crippen LogP contribution in [0.2, 0.25) is 0 Å². The fourth-order valence-corrected chi connectivity index (χ4v) is 6.31. The number of hydrogen-bond donors (Lipinski definition) is 1. The third kappa shape index (κ3) is 4.97. The van der Waals surface area contributed by atoms with Gasteiger partial charge in [0.15, 0.2) is 5.13 Å². The number of thioether (sulfide) groups is 1. The maximum Gasteiger partial charge on any atom is 0.326 e. The number of aliphatic carboxylic acids is 1. The molecule has 0 spiro atoms. The lowest BCUT2D eigenvalue weighted by molar-refractivity contribution is -0.138. The van der Waals surface area contributed by atoms with Crippen molar-refractivity contribution in [2.24, 2.45) is 0 Å². The summed E-state index contributed by atoms with van der Waals surface area (Å²) in [6.45, 7) is 0. The van der Waals surface area contributed by atoms with Gasteiger partial charge < -0.3 is 10.0 Å². The number of benzene rings is 3. The third-order valence-electron chi connectivity index (χ3n) is 5.72. The van der Waals surface area contributed by atoms with Crippen molar-refractivity contribution in [1.29, 1.82) is 0 Å². The summed E-state index contributed by atoms with van der Waals surface area (Å²) < 4.78 is -0.452. The van der Waals surface area contributed by atoms with Crippen molar-refractivity contribution < 1.29 is 9.90 Å². The van der Waals surface area contributed by atoms with E-state index in [2.05, 4.69) is 77.8 Å². The van der Waals surface area contributed by atoms with Gasteiger partial charge in [0.25, 0.3) is 0 Å². The van der Waals surface area contributed by atoms with E-state index in [4.69, 9.17) is 0 Å². The summed E-state index contributed by atoms with van der Waals surface area (Å²) in [5.74, 6) is -0.177. The predicted molar refractivity (Wildman–Crippen MR) is 138 cm³/mol. The minimum Gasteiger partial charge on any atom is -0.480 e. The van der Waals surface area contributed by atoms with Crippen molar-refractivity contribution in [1.82, 2.24) is 4.98 Å². The van der Waals surface area contributed by atoms with Gasteiger partial charge in [-0.1, -0.05) is 91.0 Å². The van der Waals surface area contributed by atoms with Crippen molar-refractivity contribution in [3.63, 3.8) is 0 Å². The zero-order valence-corrected chi connectivity index (χ0v) is 20.0. The van der Waals surface area contributed by atoms with E-state index in [1.54, 1.807) is 29.9 Å². The van der Waals surface area contributed by atoms with Crippen molar-refractivity contribution >= 4 is 34.2 Å². The number of likely N-dealkylation sites (N-methyl/N-ethyl adjacent to an activating group) is 1. The molecule has 1 atom stereocenters. The lowest BCUT2D eigenvalue weighted by atomic mass is 9.84. The molecule has 4 rings (SSSR count). The third-order valence-corrected chi connectivity index (χ3v) is 8.17. The van der Waals surface area contributed by atoms with Crippen LogP contribution in [-0.2, 0) is 9.54 Å². The van der Waals surface area contributed by atoms with Crippen LogP contribution in [0.3, 0.4) is 0 Å². The Labute approximate surface area is 202 Å². The Bertz CT molecular complexity index is 1040. The largest absolute Gasteiger partial charge is 0.480 e. The number of carboxylic acid groups (broad SMARTS) is 1. The second-order valence-corrected chi connectivity index (χ2v) is 9.88. The first-order valence-electron chi connectivity index (χ1n) is 10.8. The lowest BCUT2D eigenvalue weighted by Gasteiger charge is -2.36. The Balaban J connectivity index is 1.70. The molecule has 0 unspecified atom stereocenters. The molecule has 6 heteroatoms. The quantitative estimate of drug-likeness (QED) is 0.280. The molecule has 4 aromatic rings. The van der Waals surface area contributed by atoms with Crippen molar-refractivity contribution in [3.8, 4) is 0 Å². The van der Waals surface area contributed by atoms with Gasteiger partial charge in [0.05, 0.1) is 4.75 Å². The molecule has 0 aliphatic carbocycles. The van der Waals surface area contributed by atoms with Gasteiger partial charge in [-0.25, -0.2) is 9.78 Å². The van der Waals surface area contributed by atoms with Gasteiger partial charge in [-0.3, -0.25) is 0 Å². The van der Waals surface area contributed by atoms with Gasteiger partial charge >= 0.3 is 5.97 Å². The van der Waals surface area contributed by atoms with Crippen LogP contribution in [0.15, 0.2) is 103 Å². The van der Waals surface area contributed by atoms with E-state index < -0.39 is 16.8 Å². The molecule has 3 aromatic carbocycles. The lowest BCUT2D eigenvalue weighted by Crippen LogP contribution is -2.39. The summed E-state index contributed by atoms with van der Waals surface area (Å²) in [7, 11) is 1.81. The Morgan fingerprint density at radius 1 is 0.939 bits per heavy atom. The zero-order valence-electron chi connectivity index (χ0n) is 18.4. The van der Waals surface area contributed by atoms with Crippen LogP contribution in [0, 0.1) is 0 Å². The zero-order chi connectivity index (χ0) is 23.1. The van der Waals surface area contributed by atoms with Crippen molar-refractivity contribution in [2.75, 3.05) is 17.7 Å². The van der Waals surface area contributed by atoms with E-state index in [9.17, 15) is 9.90 Å². The molecule has 1 N–H and O–H groups in total. The standard InChI is InChI=1S/C27H26N2O2S2/c1-29(26-28-18-20-32-26)24(25(30)31)17-19-33-27(21-11-5-2-6-12-21,22-13-7-3-8-14-22)23-15-9-4-10-16-23/h2-16,18,20,24H,17,19H2,1H3,(H,30,31)/t24-/m0/s1. The number of thiazole rings is 1. The first-order valence-corrected chi connectivity index (χ1v) is 12.6. The van der Waals surface area contributed by atoms with Crippen LogP contribution in [0.4, 0.5) is 5.13 Å². The van der Waals surface area contributed by atoms with Crippen LogP contribution < -0.4 is 4.90 Å². The van der Waals surface area contributed by atoms with Gasteiger partial charge in [0.1, 0.15) is 6.04 Å². The maximum atomic E-state index is 12.1. The summed E-state index contributed by atoms with van der Waals surface area (Å²) in [5.41, 5.74) is 3.52. The Hall–Kier alpha value is -3.09. The number of aromatic nitrogens is 1. The average molecular weight is 475 g/mol. The van der Waals surface area contributed by atoms with Crippen LogP contribution in [0.1, 0.15) is 23.1 Å². The normalized spacial score (nSPS) is 12.3. The maximum absolute atomic E-state index is 12.1. The molecular formula is C27H26N2O2S2. The molecule has 0 amide bonds. The molecule has 0 aliphatic rings. The Morgan fingerprint density at radius 3 is 1.82 bits per heavy atom. The predicted octanol–water partition coefficient (Wildman–Crippen LogP) is 6.15. The van der Waals surface area contributed by atoms with E-state index in [-0.39, 0.29) is 0 Å². The van der Waals surface area contributed by atoms with Crippen LogP contribution in [0.5, 0.6) is 0 Å². The highest BCUT2D eigenvalue weighted by Crippen LogP contribution is 2.48. The Morgan fingerprint density at radius 2 is 1.42 bits per heavy atom. The summed E-state index contributed by atoms with van der Waals surface area (Å²) in [4.78, 5) is 18.2. The second kappa shape index (κ2) is 10.7. The van der Waals surface area contributed by atoms with Gasteiger partial charge in [-0.15, -0.1) is 23.1 Å². The Kier molecular flexibility index (Phi) is 7.47. The fourth-order valence-electron chi connectivity index (χ4n) is 4.10. The summed E-state index contributed by atoms with van der Waals surface area (Å²) in [5, 5.41) is 12.5. The fraction of sp³-hybridized carbons (Fsp3) is 0.185. The monoisotopic (exact) mass is 474 g/mol. The molecule has 0 saturated heterocycles. The molecule has 1 heterocycles. The van der Waals surface area contributed by atoms with E-state index in [1.165, 1.54) is 28.0 Å². The van der Waals surface area contributed by atoms with Gasteiger partial charge in [0.2, 0.25) is 0 Å². The number of carbonyl (C=O) groups is 1. The number of nitrogens with zero attached hydrogens (tertiary/aromatic N) is 2. The summed E-state index contributed by atoms with van der Waals surface area (Å²) in [6, 6.07) is 30.7. The van der Waals surface area contributed by atoms with Gasteiger partial charge in [-0.2, -0.15) is 0 Å². The number of anilines is 1. The van der Waals surface area contributed by atoms with Crippen LogP contribution in [0.25, 0.3) is 0 Å². The van der Waals surface area contributed by atoms with Crippen molar-refractivity contribution in [2.45, 2.75) is 17.2 Å². The molecule has 0 fully saturated rings. The SMILES string of the molecule is CN(c1nccs1)[C@@H](CCSC(c1ccccc1)(c1ccccc1)c1ccccc1)C(=O)O. The molecular weight excluding hydrogens is 448 g/mol.